The Labute approximate surface area is 185 Å². The first-order chi connectivity index (χ1) is 14.2. The van der Waals surface area contributed by atoms with Crippen LogP contribution in [0.2, 0.25) is 0 Å². The fourth-order valence-corrected chi connectivity index (χ4v) is 4.74. The molecule has 0 radical (unpaired) electrons. The number of nitrogens with zero attached hydrogens (tertiary/aromatic N) is 5. The van der Waals surface area contributed by atoms with E-state index in [0.717, 1.165) is 55.8 Å². The lowest BCUT2D eigenvalue weighted by atomic mass is 9.87. The smallest absolute Gasteiger partial charge is 0.235 e. The number of carbonyl (C=O) groups is 1. The van der Waals surface area contributed by atoms with Gasteiger partial charge in [-0.25, -0.2) is 0 Å². The van der Waals surface area contributed by atoms with Gasteiger partial charge in [0.1, 0.15) is 0 Å². The second-order valence-corrected chi connectivity index (χ2v) is 10.2. The van der Waals surface area contributed by atoms with Crippen LogP contribution in [-0.4, -0.2) is 68.4 Å². The molecule has 2 aromatic rings. The maximum absolute atomic E-state index is 12.9. The summed E-state index contributed by atoms with van der Waals surface area (Å²) in [5, 5.41) is 9.51. The monoisotopic (exact) mass is 429 g/mol. The van der Waals surface area contributed by atoms with Gasteiger partial charge in [-0.2, -0.15) is 0 Å². The van der Waals surface area contributed by atoms with Crippen molar-refractivity contribution in [3.8, 4) is 11.4 Å². The van der Waals surface area contributed by atoms with Gasteiger partial charge in [-0.15, -0.1) is 10.2 Å². The number of hydrogen-bond acceptors (Lipinski definition) is 5. The van der Waals surface area contributed by atoms with Gasteiger partial charge >= 0.3 is 0 Å². The maximum atomic E-state index is 12.9. The normalized spacial score (nSPS) is 16.7. The van der Waals surface area contributed by atoms with E-state index in [-0.39, 0.29) is 16.6 Å². The van der Waals surface area contributed by atoms with E-state index in [2.05, 4.69) is 78.5 Å². The minimum absolute atomic E-state index is 0.121. The molecule has 1 aliphatic heterocycles. The van der Waals surface area contributed by atoms with Gasteiger partial charge in [-0.1, -0.05) is 63.7 Å². The molecule has 0 saturated carbocycles. The van der Waals surface area contributed by atoms with Crippen molar-refractivity contribution in [1.82, 2.24) is 24.6 Å². The number of carbonyl (C=O) groups excluding carboxylic acids is 1. The van der Waals surface area contributed by atoms with Crippen LogP contribution in [0.25, 0.3) is 11.4 Å². The third kappa shape index (κ3) is 5.06. The highest BCUT2D eigenvalue weighted by Crippen LogP contribution is 2.29. The summed E-state index contributed by atoms with van der Waals surface area (Å²) in [5.74, 6) is 1.05. The SMILES string of the molecule is CCN1CCN(C(=O)C(C)Sc2nnc(-c3ccc(C(C)(C)C)cc3)n2CC)CC1. The van der Waals surface area contributed by atoms with Crippen molar-refractivity contribution in [3.63, 3.8) is 0 Å². The average Bonchev–Trinajstić information content (AvgIpc) is 3.15. The number of rotatable bonds is 6. The topological polar surface area (TPSA) is 54.3 Å². The van der Waals surface area contributed by atoms with Gasteiger partial charge in [-0.3, -0.25) is 4.79 Å². The molecule has 1 amide bonds. The zero-order chi connectivity index (χ0) is 21.9. The fraction of sp³-hybridized carbons (Fsp3) is 0.609. The first-order valence-corrected chi connectivity index (χ1v) is 11.8. The molecule has 3 rings (SSSR count). The van der Waals surface area contributed by atoms with Gasteiger partial charge in [-0.05, 0) is 31.4 Å². The van der Waals surface area contributed by atoms with Crippen molar-refractivity contribution in [2.75, 3.05) is 32.7 Å². The molecule has 1 aromatic heterocycles. The Kier molecular flexibility index (Phi) is 7.24. The van der Waals surface area contributed by atoms with Gasteiger partial charge in [0.2, 0.25) is 5.91 Å². The van der Waals surface area contributed by atoms with Crippen molar-refractivity contribution in [1.29, 1.82) is 0 Å². The van der Waals surface area contributed by atoms with E-state index in [4.69, 9.17) is 0 Å². The summed E-state index contributed by atoms with van der Waals surface area (Å²) in [6.45, 7) is 18.2. The van der Waals surface area contributed by atoms with Crippen LogP contribution in [0.3, 0.4) is 0 Å². The first-order valence-electron chi connectivity index (χ1n) is 11.0. The zero-order valence-corrected chi connectivity index (χ0v) is 20.0. The van der Waals surface area contributed by atoms with Gasteiger partial charge in [0.25, 0.3) is 0 Å². The lowest BCUT2D eigenvalue weighted by Crippen LogP contribution is -2.50. The third-order valence-electron chi connectivity index (χ3n) is 5.80. The molecule has 1 atom stereocenters. The Bertz CT molecular complexity index is 847. The average molecular weight is 430 g/mol. The van der Waals surface area contributed by atoms with Crippen molar-refractivity contribution < 1.29 is 4.79 Å². The van der Waals surface area contributed by atoms with Crippen LogP contribution in [0, 0.1) is 0 Å². The van der Waals surface area contributed by atoms with Gasteiger partial charge in [0.05, 0.1) is 5.25 Å². The second kappa shape index (κ2) is 9.52. The molecule has 0 bridgehead atoms. The third-order valence-corrected chi connectivity index (χ3v) is 6.87. The highest BCUT2D eigenvalue weighted by atomic mass is 32.2. The second-order valence-electron chi connectivity index (χ2n) is 8.90. The summed E-state index contributed by atoms with van der Waals surface area (Å²) in [5.41, 5.74) is 2.47. The number of likely N-dealkylation sites (N-methyl/N-ethyl adjacent to an activating group) is 1. The molecule has 1 aromatic carbocycles. The summed E-state index contributed by atoms with van der Waals surface area (Å²) >= 11 is 1.51. The molecule has 30 heavy (non-hydrogen) atoms. The minimum Gasteiger partial charge on any atom is -0.339 e. The van der Waals surface area contributed by atoms with E-state index >= 15 is 0 Å². The number of thioether (sulfide) groups is 1. The Morgan fingerprint density at radius 1 is 1.03 bits per heavy atom. The molecular formula is C23H35N5OS. The largest absolute Gasteiger partial charge is 0.339 e. The van der Waals surface area contributed by atoms with Crippen LogP contribution in [0.15, 0.2) is 29.4 Å². The van der Waals surface area contributed by atoms with E-state index in [1.165, 1.54) is 17.3 Å². The van der Waals surface area contributed by atoms with Crippen LogP contribution in [0.5, 0.6) is 0 Å². The Morgan fingerprint density at radius 3 is 2.20 bits per heavy atom. The predicted molar refractivity (Wildman–Crippen MR) is 124 cm³/mol. The van der Waals surface area contributed by atoms with Gasteiger partial charge < -0.3 is 14.4 Å². The van der Waals surface area contributed by atoms with Gasteiger partial charge in [0.15, 0.2) is 11.0 Å². The fourth-order valence-electron chi connectivity index (χ4n) is 3.74. The summed E-state index contributed by atoms with van der Waals surface area (Å²) in [4.78, 5) is 17.3. The summed E-state index contributed by atoms with van der Waals surface area (Å²) < 4.78 is 2.11. The molecule has 1 unspecified atom stereocenters. The summed E-state index contributed by atoms with van der Waals surface area (Å²) in [6, 6.07) is 8.57. The number of piperazine rings is 1. The molecule has 1 saturated heterocycles. The van der Waals surface area contributed by atoms with E-state index in [9.17, 15) is 4.79 Å². The molecule has 1 aliphatic rings. The lowest BCUT2D eigenvalue weighted by molar-refractivity contribution is -0.132. The summed E-state index contributed by atoms with van der Waals surface area (Å²) in [6.07, 6.45) is 0. The Morgan fingerprint density at radius 2 is 1.67 bits per heavy atom. The highest BCUT2D eigenvalue weighted by Gasteiger charge is 2.27. The van der Waals surface area contributed by atoms with Gasteiger partial charge in [0, 0.05) is 38.3 Å². The van der Waals surface area contributed by atoms with Crippen molar-refractivity contribution in [2.24, 2.45) is 0 Å². The maximum Gasteiger partial charge on any atom is 0.235 e. The van der Waals surface area contributed by atoms with E-state index in [1.807, 2.05) is 11.8 Å². The molecule has 1 fully saturated rings. The lowest BCUT2D eigenvalue weighted by Gasteiger charge is -2.35. The standard InChI is InChI=1S/C23H35N5OS/c1-7-26-13-15-27(16-14-26)21(29)17(3)30-22-25-24-20(28(22)8-2)18-9-11-19(12-10-18)23(4,5)6/h9-12,17H,7-8,13-16H2,1-6H3. The Hall–Kier alpha value is -1.86. The van der Waals surface area contributed by atoms with Crippen LogP contribution in [0.4, 0.5) is 0 Å². The first kappa shape index (κ1) is 22.8. The van der Waals surface area contributed by atoms with Crippen molar-refractivity contribution >= 4 is 17.7 Å². The quantitative estimate of drug-likeness (QED) is 0.652. The molecule has 6 nitrogen and oxygen atoms in total. The van der Waals surface area contributed by atoms with E-state index < -0.39 is 0 Å². The highest BCUT2D eigenvalue weighted by molar-refractivity contribution is 8.00. The number of aromatic nitrogens is 3. The van der Waals surface area contributed by atoms with E-state index in [0.29, 0.717) is 0 Å². The number of benzene rings is 1. The Balaban J connectivity index is 1.72. The van der Waals surface area contributed by atoms with Crippen LogP contribution in [-0.2, 0) is 16.8 Å². The molecule has 0 N–H and O–H groups in total. The van der Waals surface area contributed by atoms with Crippen LogP contribution < -0.4 is 0 Å². The molecular weight excluding hydrogens is 394 g/mol. The predicted octanol–water partition coefficient (Wildman–Crippen LogP) is 3.91. The van der Waals surface area contributed by atoms with E-state index in [1.54, 1.807) is 0 Å². The molecule has 2 heterocycles. The van der Waals surface area contributed by atoms with Crippen molar-refractivity contribution in [2.45, 2.75) is 63.9 Å². The molecule has 0 aliphatic carbocycles. The minimum atomic E-state index is -0.177. The zero-order valence-electron chi connectivity index (χ0n) is 19.2. The number of amides is 1. The molecule has 164 valence electrons. The van der Waals surface area contributed by atoms with Crippen molar-refractivity contribution in [3.05, 3.63) is 29.8 Å². The van der Waals surface area contributed by atoms with Crippen LogP contribution >= 0.6 is 11.8 Å². The van der Waals surface area contributed by atoms with Crippen LogP contribution in [0.1, 0.15) is 47.1 Å². The number of hydrogen-bond donors (Lipinski definition) is 0. The molecule has 0 spiro atoms. The molecule has 7 heteroatoms. The summed E-state index contributed by atoms with van der Waals surface area (Å²) in [7, 11) is 0.